The molecule has 6 rings (SSSR count). The Morgan fingerprint density at radius 3 is 1.97 bits per heavy atom. The molecule has 2 radical (unpaired) electrons. The van der Waals surface area contributed by atoms with E-state index in [2.05, 4.69) is 86.6 Å². The molecule has 4 aromatic carbocycles. The van der Waals surface area contributed by atoms with Crippen LogP contribution in [0.15, 0.2) is 108 Å². The molecule has 0 bridgehead atoms. The van der Waals surface area contributed by atoms with E-state index >= 15 is 0 Å². The van der Waals surface area contributed by atoms with Crippen molar-refractivity contribution in [2.75, 3.05) is 7.11 Å². The molecule has 0 unspecified atom stereocenters. The van der Waals surface area contributed by atoms with Gasteiger partial charge in [0.2, 0.25) is 0 Å². The van der Waals surface area contributed by atoms with Crippen molar-refractivity contribution in [2.45, 2.75) is 0 Å². The quantitative estimate of drug-likeness (QED) is 0.225. The van der Waals surface area contributed by atoms with Crippen molar-refractivity contribution in [3.63, 3.8) is 0 Å². The highest BCUT2D eigenvalue weighted by atomic mass is 79.9. The van der Waals surface area contributed by atoms with Gasteiger partial charge in [0.05, 0.1) is 24.3 Å². The van der Waals surface area contributed by atoms with Crippen molar-refractivity contribution in [1.29, 1.82) is 0 Å². The zero-order valence-electron chi connectivity index (χ0n) is 19.6. The van der Waals surface area contributed by atoms with Crippen LogP contribution in [0.5, 0.6) is 5.75 Å². The predicted octanol–water partition coefficient (Wildman–Crippen LogP) is 7.35. The van der Waals surface area contributed by atoms with Crippen LogP contribution < -0.4 is 10.2 Å². The van der Waals surface area contributed by atoms with Crippen molar-refractivity contribution in [3.8, 4) is 39.1 Å². The summed E-state index contributed by atoms with van der Waals surface area (Å²) in [7, 11) is 7.99. The highest BCUT2D eigenvalue weighted by Gasteiger charge is 2.08. The molecule has 0 amide bonds. The minimum atomic E-state index is 0.720. The normalized spacial score (nSPS) is 11.2. The van der Waals surface area contributed by atoms with Crippen LogP contribution in [-0.2, 0) is 0 Å². The van der Waals surface area contributed by atoms with Crippen molar-refractivity contribution in [2.24, 2.45) is 0 Å². The average Bonchev–Trinajstić information content (AvgIpc) is 2.93. The summed E-state index contributed by atoms with van der Waals surface area (Å²) in [5.41, 5.74) is 9.30. The first-order chi connectivity index (χ1) is 17.6. The Balaban J connectivity index is 1.31. The van der Waals surface area contributed by atoms with Gasteiger partial charge in [0.25, 0.3) is 0 Å². The van der Waals surface area contributed by atoms with Crippen LogP contribution in [0.3, 0.4) is 0 Å². The van der Waals surface area contributed by atoms with Gasteiger partial charge >= 0.3 is 0 Å². The van der Waals surface area contributed by atoms with Gasteiger partial charge < -0.3 is 4.74 Å². The molecule has 2 heterocycles. The lowest BCUT2D eigenvalue weighted by Gasteiger charge is -2.10. The molecule has 5 heteroatoms. The van der Waals surface area contributed by atoms with Gasteiger partial charge in [-0.15, -0.1) is 0 Å². The Morgan fingerprint density at radius 1 is 0.639 bits per heavy atom. The highest BCUT2D eigenvalue weighted by molar-refractivity contribution is 9.10. The number of hydrogen-bond acceptors (Lipinski definition) is 3. The summed E-state index contributed by atoms with van der Waals surface area (Å²) in [5.74, 6) is 0.753. The smallest absolute Gasteiger partial charge is 0.137 e. The summed E-state index contributed by atoms with van der Waals surface area (Å²) >= 11 is 3.47. The van der Waals surface area contributed by atoms with E-state index in [-0.39, 0.29) is 0 Å². The average molecular weight is 527 g/mol. The summed E-state index contributed by atoms with van der Waals surface area (Å²) in [6.07, 6.45) is 3.55. The Hall–Kier alpha value is -3.96. The number of pyridine rings is 2. The molecule has 36 heavy (non-hydrogen) atoms. The lowest BCUT2D eigenvalue weighted by molar-refractivity contribution is 0.414. The molecule has 170 valence electrons. The van der Waals surface area contributed by atoms with Crippen LogP contribution in [0.1, 0.15) is 0 Å². The number of rotatable bonds is 4. The number of methoxy groups -OCH3 is 1. The molecular formula is C31H20BBrN2O. The van der Waals surface area contributed by atoms with E-state index in [0.717, 1.165) is 70.9 Å². The lowest BCUT2D eigenvalue weighted by Crippen LogP contribution is -2.05. The molecule has 6 aromatic rings. The van der Waals surface area contributed by atoms with Crippen LogP contribution in [0.2, 0.25) is 0 Å². The molecule has 0 saturated carbocycles. The van der Waals surface area contributed by atoms with Crippen LogP contribution in [0.25, 0.3) is 55.2 Å². The monoisotopic (exact) mass is 526 g/mol. The topological polar surface area (TPSA) is 35.0 Å². The Kier molecular flexibility index (Phi) is 5.78. The maximum atomic E-state index is 6.33. The fourth-order valence-electron chi connectivity index (χ4n) is 4.59. The van der Waals surface area contributed by atoms with Gasteiger partial charge in [-0.05, 0) is 79.0 Å². The summed E-state index contributed by atoms with van der Waals surface area (Å²) < 4.78 is 6.31. The van der Waals surface area contributed by atoms with E-state index in [9.17, 15) is 0 Å². The first-order valence-electron chi connectivity index (χ1n) is 11.6. The van der Waals surface area contributed by atoms with Gasteiger partial charge in [0.1, 0.15) is 13.6 Å². The predicted molar refractivity (Wildman–Crippen MR) is 153 cm³/mol. The fraction of sp³-hybridized carbons (Fsp3) is 0.0323. The molecule has 2 aromatic heterocycles. The molecule has 0 aliphatic rings. The van der Waals surface area contributed by atoms with Crippen LogP contribution in [0, 0.1) is 0 Å². The number of benzene rings is 4. The fourth-order valence-corrected chi connectivity index (χ4v) is 4.92. The van der Waals surface area contributed by atoms with E-state index in [4.69, 9.17) is 12.6 Å². The van der Waals surface area contributed by atoms with Gasteiger partial charge in [-0.2, -0.15) is 0 Å². The SMILES string of the molecule is [B]c1cc(-c2ccc(-c3ccc(-c4cccc5ncc(OC)cc45)cc3)cc2)cc2ncc(Br)cc12. The first kappa shape index (κ1) is 22.5. The zero-order chi connectivity index (χ0) is 24.6. The molecule has 3 nitrogen and oxygen atoms in total. The maximum absolute atomic E-state index is 6.33. The van der Waals surface area contributed by atoms with Crippen LogP contribution in [-0.4, -0.2) is 24.9 Å². The summed E-state index contributed by atoms with van der Waals surface area (Å²) in [6, 6.07) is 31.5. The summed E-state index contributed by atoms with van der Waals surface area (Å²) in [4.78, 5) is 9.04. The second-order valence-corrected chi connectivity index (χ2v) is 9.60. The molecule has 0 fully saturated rings. The van der Waals surface area contributed by atoms with E-state index < -0.39 is 0 Å². The van der Waals surface area contributed by atoms with Crippen molar-refractivity contribution in [1.82, 2.24) is 9.97 Å². The minimum Gasteiger partial charge on any atom is -0.495 e. The summed E-state index contributed by atoms with van der Waals surface area (Å²) in [6.45, 7) is 0. The minimum absolute atomic E-state index is 0.720. The van der Waals surface area contributed by atoms with Crippen molar-refractivity contribution >= 4 is 51.0 Å². The van der Waals surface area contributed by atoms with Crippen molar-refractivity contribution < 1.29 is 4.74 Å². The number of halogens is 1. The molecule has 0 aliphatic carbocycles. The van der Waals surface area contributed by atoms with Gasteiger partial charge in [0.15, 0.2) is 0 Å². The Labute approximate surface area is 219 Å². The van der Waals surface area contributed by atoms with E-state index in [1.165, 1.54) is 0 Å². The Morgan fingerprint density at radius 2 is 1.28 bits per heavy atom. The molecule has 0 spiro atoms. The van der Waals surface area contributed by atoms with E-state index in [1.807, 2.05) is 30.3 Å². The molecule has 0 aliphatic heterocycles. The molecule has 0 atom stereocenters. The number of hydrogen-bond donors (Lipinski definition) is 0. The third-order valence-corrected chi connectivity index (χ3v) is 6.92. The standard InChI is InChI=1S/C31H20BBrN2O/c1-36-25-16-27-26(3-2-4-30(27)35-18-25)22-11-9-20(10-12-22)19-5-7-21(8-6-19)23-13-29(32)28-15-24(33)17-34-31(28)14-23/h2-18H,1H3. The van der Waals surface area contributed by atoms with Gasteiger partial charge in [-0.3, -0.25) is 9.97 Å². The van der Waals surface area contributed by atoms with Crippen LogP contribution >= 0.6 is 15.9 Å². The first-order valence-corrected chi connectivity index (χ1v) is 12.4. The number of ether oxygens (including phenoxy) is 1. The highest BCUT2D eigenvalue weighted by Crippen LogP contribution is 2.32. The largest absolute Gasteiger partial charge is 0.495 e. The van der Waals surface area contributed by atoms with Gasteiger partial charge in [-0.1, -0.05) is 72.2 Å². The molecular weight excluding hydrogens is 507 g/mol. The second kappa shape index (κ2) is 9.25. The molecule has 0 saturated heterocycles. The number of fused-ring (bicyclic) bond motifs is 2. The van der Waals surface area contributed by atoms with E-state index in [0.29, 0.717) is 0 Å². The zero-order valence-corrected chi connectivity index (χ0v) is 21.2. The van der Waals surface area contributed by atoms with Gasteiger partial charge in [-0.25, -0.2) is 0 Å². The van der Waals surface area contributed by atoms with Crippen molar-refractivity contribution in [3.05, 3.63) is 108 Å². The van der Waals surface area contributed by atoms with E-state index in [1.54, 1.807) is 19.5 Å². The summed E-state index contributed by atoms with van der Waals surface area (Å²) in [5, 5.41) is 2.02. The molecule has 0 N–H and O–H groups in total. The Bertz CT molecular complexity index is 1730. The van der Waals surface area contributed by atoms with Crippen LogP contribution in [0.4, 0.5) is 0 Å². The van der Waals surface area contributed by atoms with Gasteiger partial charge in [0, 0.05) is 16.1 Å². The second-order valence-electron chi connectivity index (χ2n) is 8.69. The third kappa shape index (κ3) is 4.16. The maximum Gasteiger partial charge on any atom is 0.137 e. The third-order valence-electron chi connectivity index (χ3n) is 6.48. The lowest BCUT2D eigenvalue weighted by atomic mass is 9.88. The number of aromatic nitrogens is 2. The number of nitrogens with zero attached hydrogens (tertiary/aromatic N) is 2.